The second-order valence-corrected chi connectivity index (χ2v) is 17.3. The first-order chi connectivity index (χ1) is 8.66. The maximum Gasteiger partial charge on any atom is 0.313 e. The molecule has 0 fully saturated rings. The van der Waals surface area contributed by atoms with Crippen LogP contribution in [0.2, 0.25) is 26.2 Å². The van der Waals surface area contributed by atoms with Crippen molar-refractivity contribution in [2.75, 3.05) is 0 Å². The van der Waals surface area contributed by atoms with Crippen molar-refractivity contribution in [2.24, 2.45) is 0 Å². The first kappa shape index (κ1) is 18.7. The number of rotatable bonds is 10. The van der Waals surface area contributed by atoms with Crippen molar-refractivity contribution in [2.45, 2.75) is 26.2 Å². The predicted molar refractivity (Wildman–Crippen MR) is 93.3 cm³/mol. The van der Waals surface area contributed by atoms with Gasteiger partial charge in [-0.25, -0.2) is 0 Å². The average Bonchev–Trinajstić information content (AvgIpc) is 2.32. The highest BCUT2D eigenvalue weighted by atomic mass is 28.5. The van der Waals surface area contributed by atoms with Gasteiger partial charge in [-0.2, -0.15) is 0 Å². The molecule has 0 aliphatic heterocycles. The molecule has 0 bridgehead atoms. The fraction of sp³-hybridized carbons (Fsp3) is 0.333. The topological polar surface area (TPSA) is 27.7 Å². The zero-order chi connectivity index (χ0) is 15.2. The molecule has 0 spiro atoms. The highest BCUT2D eigenvalue weighted by molar-refractivity contribution is 6.95. The molecule has 0 aromatic rings. The van der Waals surface area contributed by atoms with Gasteiger partial charge in [-0.15, -0.1) is 26.3 Å². The summed E-state index contributed by atoms with van der Waals surface area (Å²) >= 11 is 0. The molecule has 0 aliphatic rings. The summed E-state index contributed by atoms with van der Waals surface area (Å²) in [5.74, 6) is 0. The Morgan fingerprint density at radius 3 is 1.63 bits per heavy atom. The molecule has 7 heteroatoms. The van der Waals surface area contributed by atoms with Crippen LogP contribution in [0.5, 0.6) is 0 Å². The molecule has 0 unspecified atom stereocenters. The van der Waals surface area contributed by atoms with E-state index in [9.17, 15) is 0 Å². The number of hydrogen-bond donors (Lipinski definition) is 0. The van der Waals surface area contributed by atoms with Gasteiger partial charge in [-0.05, 0) is 26.2 Å². The summed E-state index contributed by atoms with van der Waals surface area (Å²) < 4.78 is 18.3. The van der Waals surface area contributed by atoms with Crippen LogP contribution in [-0.4, -0.2) is 35.2 Å². The van der Waals surface area contributed by atoms with Gasteiger partial charge in [0.2, 0.25) is 0 Å². The van der Waals surface area contributed by atoms with Crippen molar-refractivity contribution in [3.8, 4) is 0 Å². The number of hydrogen-bond acceptors (Lipinski definition) is 3. The third-order valence-electron chi connectivity index (χ3n) is 2.42. The maximum absolute atomic E-state index is 6.23. The standard InChI is InChI=1S/C12H26O3Si4/c1-9-16-13-17(5,6)14-18(7,8)15-19(10-2,11-3)12-4/h9-12H,1-4,16H2,5-8H3. The Balaban J connectivity index is 4.87. The summed E-state index contributed by atoms with van der Waals surface area (Å²) in [6, 6.07) is 0. The van der Waals surface area contributed by atoms with Crippen LogP contribution in [0.4, 0.5) is 0 Å². The molecule has 0 saturated carbocycles. The van der Waals surface area contributed by atoms with E-state index in [0.29, 0.717) is 0 Å². The summed E-state index contributed by atoms with van der Waals surface area (Å²) in [4.78, 5) is 0. The minimum atomic E-state index is -2.31. The van der Waals surface area contributed by atoms with Crippen molar-refractivity contribution in [1.29, 1.82) is 0 Å². The predicted octanol–water partition coefficient (Wildman–Crippen LogP) is 2.79. The minimum absolute atomic E-state index is 0.691. The first-order valence-electron chi connectivity index (χ1n) is 6.22. The van der Waals surface area contributed by atoms with Crippen molar-refractivity contribution in [1.82, 2.24) is 0 Å². The first-order valence-corrected chi connectivity index (χ1v) is 15.4. The smallest absolute Gasteiger partial charge is 0.313 e. The molecular weight excluding hydrogens is 304 g/mol. The second kappa shape index (κ2) is 7.48. The Kier molecular flexibility index (Phi) is 7.36. The lowest BCUT2D eigenvalue weighted by Crippen LogP contribution is -2.54. The Morgan fingerprint density at radius 2 is 1.26 bits per heavy atom. The summed E-state index contributed by atoms with van der Waals surface area (Å²) in [7, 11) is -7.45. The molecule has 3 nitrogen and oxygen atoms in total. The zero-order valence-electron chi connectivity index (χ0n) is 12.6. The summed E-state index contributed by atoms with van der Waals surface area (Å²) in [6.07, 6.45) is 0. The van der Waals surface area contributed by atoms with E-state index in [4.69, 9.17) is 12.3 Å². The van der Waals surface area contributed by atoms with E-state index in [1.54, 1.807) is 0 Å². The molecule has 0 heterocycles. The molecule has 0 N–H and O–H groups in total. The molecule has 0 radical (unpaired) electrons. The highest BCUT2D eigenvalue weighted by Crippen LogP contribution is 2.22. The molecule has 0 amide bonds. The summed E-state index contributed by atoms with van der Waals surface area (Å²) in [5.41, 5.74) is 7.32. The largest absolute Gasteiger partial charge is 0.438 e. The molecule has 0 aromatic heterocycles. The van der Waals surface area contributed by atoms with Gasteiger partial charge < -0.3 is 12.3 Å². The molecule has 108 valence electrons. The van der Waals surface area contributed by atoms with Crippen LogP contribution in [0.25, 0.3) is 0 Å². The van der Waals surface area contributed by atoms with E-state index in [-0.39, 0.29) is 0 Å². The van der Waals surface area contributed by atoms with E-state index in [1.165, 1.54) is 0 Å². The van der Waals surface area contributed by atoms with Crippen LogP contribution < -0.4 is 0 Å². The van der Waals surface area contributed by atoms with Crippen LogP contribution in [0.1, 0.15) is 0 Å². The van der Waals surface area contributed by atoms with Crippen molar-refractivity contribution in [3.63, 3.8) is 0 Å². The van der Waals surface area contributed by atoms with E-state index < -0.39 is 35.2 Å². The Bertz CT molecular complexity index is 331. The van der Waals surface area contributed by atoms with Gasteiger partial charge in [-0.3, -0.25) is 0 Å². The lowest BCUT2D eigenvalue weighted by molar-refractivity contribution is 0.343. The third-order valence-corrected chi connectivity index (χ3v) is 15.3. The lowest BCUT2D eigenvalue weighted by atomic mass is 11.2. The molecule has 19 heavy (non-hydrogen) atoms. The van der Waals surface area contributed by atoms with Gasteiger partial charge >= 0.3 is 17.1 Å². The molecule has 0 aliphatic carbocycles. The zero-order valence-corrected chi connectivity index (χ0v) is 17.0. The van der Waals surface area contributed by atoms with Gasteiger partial charge in [0.15, 0.2) is 9.76 Å². The van der Waals surface area contributed by atoms with Crippen LogP contribution in [0.3, 0.4) is 0 Å². The molecule has 0 atom stereocenters. The van der Waals surface area contributed by atoms with E-state index in [0.717, 1.165) is 0 Å². The van der Waals surface area contributed by atoms with E-state index in [2.05, 4.69) is 26.3 Å². The quantitative estimate of drug-likeness (QED) is 0.577. The van der Waals surface area contributed by atoms with Crippen molar-refractivity contribution >= 4 is 35.2 Å². The van der Waals surface area contributed by atoms with Gasteiger partial charge in [0.05, 0.1) is 0 Å². The minimum Gasteiger partial charge on any atom is -0.438 e. The molecule has 0 aromatic carbocycles. The van der Waals surface area contributed by atoms with E-state index in [1.807, 2.05) is 49.0 Å². The van der Waals surface area contributed by atoms with Gasteiger partial charge in [0, 0.05) is 0 Å². The SMILES string of the molecule is C=C[SiH2]O[Si](C)(C)O[Si](C)(C)O[Si](C=C)(C=C)C=C. The normalized spacial score (nSPS) is 13.5. The molecule has 0 saturated heterocycles. The van der Waals surface area contributed by atoms with Crippen LogP contribution in [-0.2, 0) is 12.3 Å². The van der Waals surface area contributed by atoms with Gasteiger partial charge in [0.1, 0.15) is 0 Å². The third kappa shape index (κ3) is 6.61. The lowest BCUT2D eigenvalue weighted by Gasteiger charge is -2.37. The Labute approximate surface area is 123 Å². The molecular formula is C12H26O3Si4. The van der Waals surface area contributed by atoms with E-state index >= 15 is 0 Å². The van der Waals surface area contributed by atoms with Crippen molar-refractivity contribution < 1.29 is 12.3 Å². The maximum atomic E-state index is 6.23. The average molecular weight is 331 g/mol. The van der Waals surface area contributed by atoms with Crippen LogP contribution in [0.15, 0.2) is 49.1 Å². The fourth-order valence-corrected chi connectivity index (χ4v) is 14.7. The summed E-state index contributed by atoms with van der Waals surface area (Å²) in [6.45, 7) is 23.4. The van der Waals surface area contributed by atoms with Gasteiger partial charge in [0.25, 0.3) is 8.32 Å². The monoisotopic (exact) mass is 330 g/mol. The Hall–Kier alpha value is -0.292. The summed E-state index contributed by atoms with van der Waals surface area (Å²) in [5, 5.41) is 0. The fourth-order valence-electron chi connectivity index (χ4n) is 1.70. The van der Waals surface area contributed by atoms with Crippen molar-refractivity contribution in [3.05, 3.63) is 49.1 Å². The molecule has 0 rings (SSSR count). The second-order valence-electron chi connectivity index (χ2n) is 5.07. The van der Waals surface area contributed by atoms with Crippen LogP contribution in [0, 0.1) is 0 Å². The van der Waals surface area contributed by atoms with Crippen LogP contribution >= 0.6 is 0 Å². The van der Waals surface area contributed by atoms with Gasteiger partial charge in [-0.1, -0.05) is 22.8 Å². The Morgan fingerprint density at radius 1 is 0.789 bits per heavy atom. The highest BCUT2D eigenvalue weighted by Gasteiger charge is 2.41.